The van der Waals surface area contributed by atoms with Gasteiger partial charge in [-0.25, -0.2) is 0 Å². The first kappa shape index (κ1) is 33.7. The summed E-state index contributed by atoms with van der Waals surface area (Å²) in [6.07, 6.45) is -13.5. The van der Waals surface area contributed by atoms with E-state index in [0.29, 0.717) is 18.2 Å². The fourth-order valence-electron chi connectivity index (χ4n) is 3.75. The van der Waals surface area contributed by atoms with Crippen molar-refractivity contribution in [1.29, 1.82) is 0 Å². The second-order valence-electron chi connectivity index (χ2n) is 8.94. The highest BCUT2D eigenvalue weighted by molar-refractivity contribution is 7.93. The molecule has 17 heteroatoms. The lowest BCUT2D eigenvalue weighted by atomic mass is 9.96. The van der Waals surface area contributed by atoms with Gasteiger partial charge in [-0.3, -0.25) is 4.79 Å². The van der Waals surface area contributed by atoms with Crippen molar-refractivity contribution in [3.05, 3.63) is 73.7 Å². The lowest BCUT2D eigenvalue weighted by Gasteiger charge is -2.41. The quantitative estimate of drug-likeness (QED) is 0.176. The number of carbonyl (C=O) groups excluding carboxylic acids is 1. The minimum absolute atomic E-state index is 0.187. The molecule has 0 radical (unpaired) electrons. The average Bonchev–Trinajstić information content (AvgIpc) is 2.79. The van der Waals surface area contributed by atoms with E-state index in [-0.39, 0.29) is 20.6 Å². The minimum Gasteiger partial charge on any atom is -0.615 e. The average molecular weight is 677 g/mol. The number of amides is 1. The van der Waals surface area contributed by atoms with E-state index < -0.39 is 88.5 Å². The first-order chi connectivity index (χ1) is 18.7. The van der Waals surface area contributed by atoms with Crippen LogP contribution in [0.2, 0.25) is 15.1 Å². The molecule has 2 atom stereocenters. The Kier molecular flexibility index (Phi) is 10.2. The van der Waals surface area contributed by atoms with Crippen LogP contribution in [0.3, 0.4) is 0 Å². The molecule has 0 bridgehead atoms. The van der Waals surface area contributed by atoms with Crippen molar-refractivity contribution in [2.24, 2.45) is 0 Å². The van der Waals surface area contributed by atoms with Crippen LogP contribution in [0.5, 0.6) is 0 Å². The third kappa shape index (κ3) is 8.38. The molecule has 1 fully saturated rings. The first-order valence-corrected chi connectivity index (χ1v) is 13.6. The highest BCUT2D eigenvalue weighted by Crippen LogP contribution is 2.41. The molecular weight excluding hydrogens is 660 g/mol. The first-order valence-electron chi connectivity index (χ1n) is 11.2. The summed E-state index contributed by atoms with van der Waals surface area (Å²) in [5, 5.41) is 1.33. The maximum absolute atomic E-state index is 13.8. The van der Waals surface area contributed by atoms with Gasteiger partial charge < -0.3 is 14.6 Å². The number of hydrogen-bond acceptors (Lipinski definition) is 3. The number of alkyl halides is 9. The Morgan fingerprint density at radius 3 is 2.07 bits per heavy atom. The van der Waals surface area contributed by atoms with Crippen molar-refractivity contribution in [3.8, 4) is 0 Å². The van der Waals surface area contributed by atoms with E-state index in [0.717, 1.165) is 24.3 Å². The van der Waals surface area contributed by atoms with E-state index >= 15 is 0 Å². The molecule has 0 aromatic heterocycles. The molecule has 2 aromatic rings. The third-order valence-electron chi connectivity index (χ3n) is 5.87. The van der Waals surface area contributed by atoms with E-state index in [2.05, 4.69) is 5.32 Å². The monoisotopic (exact) mass is 675 g/mol. The van der Waals surface area contributed by atoms with Crippen LogP contribution in [-0.4, -0.2) is 53.1 Å². The third-order valence-corrected chi connectivity index (χ3v) is 9.00. The van der Waals surface area contributed by atoms with Gasteiger partial charge in [-0.15, -0.1) is 0 Å². The van der Waals surface area contributed by atoms with Gasteiger partial charge in [0.15, 0.2) is 4.75 Å². The fourth-order valence-corrected chi connectivity index (χ4v) is 5.63. The topological polar surface area (TPSA) is 61.4 Å². The molecule has 41 heavy (non-hydrogen) atoms. The van der Waals surface area contributed by atoms with Crippen LogP contribution in [0.25, 0.3) is 6.08 Å². The molecule has 1 aliphatic rings. The zero-order valence-corrected chi connectivity index (χ0v) is 23.2. The van der Waals surface area contributed by atoms with Gasteiger partial charge in [0.05, 0.1) is 38.7 Å². The van der Waals surface area contributed by atoms with Crippen molar-refractivity contribution >= 4 is 58.0 Å². The van der Waals surface area contributed by atoms with Gasteiger partial charge in [0.25, 0.3) is 5.91 Å². The summed E-state index contributed by atoms with van der Waals surface area (Å²) < 4.78 is 136. The van der Waals surface area contributed by atoms with Gasteiger partial charge in [0.1, 0.15) is 13.2 Å². The largest absolute Gasteiger partial charge is 0.615 e. The van der Waals surface area contributed by atoms with Crippen LogP contribution in [0, 0.1) is 0 Å². The number of nitrogens with one attached hydrogen (secondary N) is 1. The molecule has 1 heterocycles. The summed E-state index contributed by atoms with van der Waals surface area (Å²) in [5.74, 6) is -5.39. The van der Waals surface area contributed by atoms with E-state index in [1.54, 1.807) is 0 Å². The Bertz CT molecular complexity index is 1290. The van der Waals surface area contributed by atoms with Crippen LogP contribution in [0.1, 0.15) is 33.0 Å². The van der Waals surface area contributed by atoms with Gasteiger partial charge in [-0.2, -0.15) is 39.5 Å². The maximum atomic E-state index is 13.8. The number of halogens is 12. The Morgan fingerprint density at radius 2 is 1.61 bits per heavy atom. The number of hydrogen-bond donors (Lipinski definition) is 1. The number of benzene rings is 2. The van der Waals surface area contributed by atoms with E-state index in [4.69, 9.17) is 39.5 Å². The summed E-state index contributed by atoms with van der Waals surface area (Å²) in [6, 6.07) is 3.90. The van der Waals surface area contributed by atoms with Crippen molar-refractivity contribution in [3.63, 3.8) is 0 Å². The lowest BCUT2D eigenvalue weighted by Crippen LogP contribution is -2.63. The van der Waals surface area contributed by atoms with Gasteiger partial charge in [0.2, 0.25) is 5.75 Å². The maximum Gasteiger partial charge on any atom is 0.433 e. The highest BCUT2D eigenvalue weighted by Gasteiger charge is 2.54. The second-order valence-corrected chi connectivity index (χ2v) is 12.0. The zero-order valence-electron chi connectivity index (χ0n) is 20.1. The van der Waals surface area contributed by atoms with Crippen LogP contribution >= 0.6 is 34.8 Å². The van der Waals surface area contributed by atoms with Crippen molar-refractivity contribution in [2.45, 2.75) is 29.2 Å². The Morgan fingerprint density at radius 1 is 1.02 bits per heavy atom. The summed E-state index contributed by atoms with van der Waals surface area (Å²) in [5.41, 5.74) is -3.26. The molecule has 4 nitrogen and oxygen atoms in total. The molecular formula is C24H17Cl3F9NO3S. The van der Waals surface area contributed by atoms with Gasteiger partial charge in [0, 0.05) is 0 Å². The van der Waals surface area contributed by atoms with Gasteiger partial charge in [-0.05, 0) is 46.6 Å². The molecule has 0 saturated carbocycles. The lowest BCUT2D eigenvalue weighted by molar-refractivity contribution is -0.139. The van der Waals surface area contributed by atoms with E-state index in [9.17, 15) is 48.9 Å². The van der Waals surface area contributed by atoms with Crippen molar-refractivity contribution in [1.82, 2.24) is 5.32 Å². The van der Waals surface area contributed by atoms with E-state index in [1.165, 1.54) is 0 Å². The molecule has 2 aromatic carbocycles. The summed E-state index contributed by atoms with van der Waals surface area (Å²) in [7, 11) is 0. The van der Waals surface area contributed by atoms with Gasteiger partial charge >= 0.3 is 18.5 Å². The molecule has 1 saturated heterocycles. The Hall–Kier alpha value is -1.84. The number of carbonyl (C=O) groups is 1. The van der Waals surface area contributed by atoms with Crippen LogP contribution in [0.15, 0.2) is 36.4 Å². The van der Waals surface area contributed by atoms with Crippen molar-refractivity contribution in [2.75, 3.05) is 25.5 Å². The second kappa shape index (κ2) is 12.4. The number of allylic oxidation sites excluding steroid dienone is 1. The summed E-state index contributed by atoms with van der Waals surface area (Å²) in [6.45, 7) is -1.51. The number of ether oxygens (including phenoxy) is 1. The molecule has 0 aliphatic carbocycles. The molecule has 1 N–H and O–H groups in total. The Labute approximate surface area is 244 Å². The molecule has 226 valence electrons. The molecule has 3 rings (SSSR count). The predicted octanol–water partition coefficient (Wildman–Crippen LogP) is 7.83. The van der Waals surface area contributed by atoms with Crippen LogP contribution < -0.4 is 5.32 Å². The molecule has 1 amide bonds. The fraction of sp³-hybridized carbons (Fsp3) is 0.375. The molecule has 2 unspecified atom stereocenters. The SMILES string of the molecule is O=C(NCC1([S+]([O-])CC(F)(F)F)COC1)c1ccc(/C=C/C(c2cc(Cl)c(Cl)c(Cl)c2)C(F)(F)F)cc1C(F)(F)F. The number of rotatable bonds is 8. The smallest absolute Gasteiger partial charge is 0.433 e. The predicted molar refractivity (Wildman–Crippen MR) is 136 cm³/mol. The minimum atomic E-state index is -5.15. The van der Waals surface area contributed by atoms with E-state index in [1.807, 2.05) is 0 Å². The van der Waals surface area contributed by atoms with Crippen molar-refractivity contribution < 1.29 is 53.6 Å². The molecule has 1 aliphatic heterocycles. The molecule has 0 spiro atoms. The Balaban J connectivity index is 1.87. The standard InChI is InChI=1S/C24H17Cl3F9NO3S/c25-17-6-13(7-18(26)19(17)27)15(23(31,32)33)4-2-12-1-3-14(16(5-12)24(34,35)36)20(38)37-8-21(9-40-10-21)41(39)11-22(28,29)30/h1-7,15H,8-11H2,(H,37,38)/b4-2+. The zero-order chi connectivity index (χ0) is 31.0. The van der Waals surface area contributed by atoms with Crippen LogP contribution in [0.4, 0.5) is 39.5 Å². The summed E-state index contributed by atoms with van der Waals surface area (Å²) in [4.78, 5) is 12.6. The highest BCUT2D eigenvalue weighted by atomic mass is 35.5. The normalized spacial score (nSPS) is 17.3. The summed E-state index contributed by atoms with van der Waals surface area (Å²) >= 11 is 14.9. The van der Waals surface area contributed by atoms with Crippen LogP contribution in [-0.2, 0) is 22.1 Å². The van der Waals surface area contributed by atoms with Gasteiger partial charge in [-0.1, -0.05) is 53.0 Å².